The molecular weight excluding hydrogens is 402 g/mol. The number of hydrogen-bond acceptors (Lipinski definition) is 7. The third-order valence-corrected chi connectivity index (χ3v) is 9.04. The number of carbonyl (C=O) groups is 2. The van der Waals surface area contributed by atoms with Gasteiger partial charge in [-0.2, -0.15) is 0 Å². The third kappa shape index (κ3) is 3.26. The van der Waals surface area contributed by atoms with Crippen LogP contribution in [0.25, 0.3) is 0 Å². The van der Waals surface area contributed by atoms with Gasteiger partial charge in [0.05, 0.1) is 11.8 Å². The van der Waals surface area contributed by atoms with Crippen LogP contribution < -0.4 is 0 Å². The van der Waals surface area contributed by atoms with Crippen molar-refractivity contribution in [2.75, 3.05) is 13.2 Å². The van der Waals surface area contributed by atoms with Gasteiger partial charge < -0.3 is 25.3 Å². The van der Waals surface area contributed by atoms with Gasteiger partial charge >= 0.3 is 5.97 Å². The molecule has 172 valence electrons. The molecule has 4 aliphatic rings. The number of allylic oxidation sites excluding steroid dienone is 2. The molecule has 4 N–H and O–H groups in total. The first-order valence-corrected chi connectivity index (χ1v) is 11.2. The Kier molecular flexibility index (Phi) is 5.55. The number of oxime groups is 1. The van der Waals surface area contributed by atoms with Crippen LogP contribution >= 0.6 is 0 Å². The quantitative estimate of drug-likeness (QED) is 0.482. The van der Waals surface area contributed by atoms with Crippen LogP contribution in [0.3, 0.4) is 0 Å². The van der Waals surface area contributed by atoms with E-state index in [-0.39, 0.29) is 23.2 Å². The largest absolute Gasteiger partial charge is 0.479 e. The molecule has 1 unspecified atom stereocenters. The number of aliphatic hydroxyl groups excluding tert-OH is 2. The number of carbonyl (C=O) groups excluding carboxylic acids is 1. The predicted molar refractivity (Wildman–Crippen MR) is 111 cm³/mol. The number of nitrogens with zero attached hydrogens (tertiary/aromatic N) is 1. The number of Topliss-reactive ketones (excluding diaryl/α,β-unsaturated/α-hetero) is 1. The molecule has 0 amide bonds. The van der Waals surface area contributed by atoms with E-state index in [9.17, 15) is 24.9 Å². The maximum Gasteiger partial charge on any atom is 0.344 e. The van der Waals surface area contributed by atoms with E-state index in [0.29, 0.717) is 19.3 Å². The fourth-order valence-corrected chi connectivity index (χ4v) is 7.54. The summed E-state index contributed by atoms with van der Waals surface area (Å²) >= 11 is 0. The van der Waals surface area contributed by atoms with Crippen molar-refractivity contribution >= 4 is 17.5 Å². The van der Waals surface area contributed by atoms with E-state index in [1.54, 1.807) is 0 Å². The Bertz CT molecular complexity index is 838. The van der Waals surface area contributed by atoms with Crippen molar-refractivity contribution in [3.8, 4) is 0 Å². The minimum absolute atomic E-state index is 0.0265. The minimum atomic E-state index is -1.58. The molecular formula is C23H33NO7. The Morgan fingerprint density at radius 1 is 1.23 bits per heavy atom. The Balaban J connectivity index is 1.62. The lowest BCUT2D eigenvalue weighted by atomic mass is 9.45. The van der Waals surface area contributed by atoms with E-state index in [4.69, 9.17) is 9.94 Å². The topological polar surface area (TPSA) is 137 Å². The molecule has 0 aromatic heterocycles. The Labute approximate surface area is 182 Å². The van der Waals surface area contributed by atoms with Gasteiger partial charge in [-0.05, 0) is 74.2 Å². The Hall–Kier alpha value is -1.77. The number of carboxylic acids is 1. The summed E-state index contributed by atoms with van der Waals surface area (Å²) in [6.45, 7) is 2.95. The van der Waals surface area contributed by atoms with Gasteiger partial charge in [0.25, 0.3) is 0 Å². The molecule has 0 saturated heterocycles. The molecule has 0 heterocycles. The molecule has 0 aliphatic heterocycles. The van der Waals surface area contributed by atoms with Gasteiger partial charge in [-0.15, -0.1) is 0 Å². The molecule has 0 spiro atoms. The molecule has 3 saturated carbocycles. The lowest BCUT2D eigenvalue weighted by molar-refractivity contribution is -0.181. The lowest BCUT2D eigenvalue weighted by Gasteiger charge is -2.60. The number of aliphatic hydroxyl groups is 3. The van der Waals surface area contributed by atoms with E-state index in [1.165, 1.54) is 5.57 Å². The van der Waals surface area contributed by atoms with Gasteiger partial charge in [-0.25, -0.2) is 4.79 Å². The van der Waals surface area contributed by atoms with Gasteiger partial charge in [0.1, 0.15) is 12.2 Å². The van der Waals surface area contributed by atoms with Gasteiger partial charge in [0.2, 0.25) is 6.61 Å². The third-order valence-electron chi connectivity index (χ3n) is 9.04. The number of carboxylic acid groups (broad SMARTS) is 1. The van der Waals surface area contributed by atoms with E-state index < -0.39 is 42.1 Å². The first kappa shape index (κ1) is 22.4. The summed E-state index contributed by atoms with van der Waals surface area (Å²) in [4.78, 5) is 28.0. The van der Waals surface area contributed by atoms with Crippen molar-refractivity contribution in [3.63, 3.8) is 0 Å². The fraction of sp³-hybridized carbons (Fsp3) is 0.783. The minimum Gasteiger partial charge on any atom is -0.479 e. The molecule has 0 radical (unpaired) electrons. The van der Waals surface area contributed by atoms with Crippen LogP contribution in [0, 0.1) is 28.6 Å². The van der Waals surface area contributed by atoms with Crippen LogP contribution in [0.5, 0.6) is 0 Å². The molecule has 4 aliphatic carbocycles. The van der Waals surface area contributed by atoms with E-state index in [0.717, 1.165) is 31.4 Å². The summed E-state index contributed by atoms with van der Waals surface area (Å²) in [7, 11) is 0. The predicted octanol–water partition coefficient (Wildman–Crippen LogP) is 1.67. The molecule has 4 rings (SSSR count). The fourth-order valence-electron chi connectivity index (χ4n) is 7.54. The van der Waals surface area contributed by atoms with Crippen molar-refractivity contribution < 1.29 is 34.9 Å². The second kappa shape index (κ2) is 7.67. The number of aliphatic carboxylic acids is 1. The van der Waals surface area contributed by atoms with Crippen LogP contribution in [0.4, 0.5) is 0 Å². The van der Waals surface area contributed by atoms with Crippen LogP contribution in [0.1, 0.15) is 58.8 Å². The molecule has 7 atom stereocenters. The molecule has 0 aromatic carbocycles. The summed E-state index contributed by atoms with van der Waals surface area (Å²) in [5.74, 6) is -1.26. The maximum absolute atomic E-state index is 12.5. The van der Waals surface area contributed by atoms with Gasteiger partial charge in [0.15, 0.2) is 5.78 Å². The number of fused-ring (bicyclic) bond motifs is 5. The highest BCUT2D eigenvalue weighted by molar-refractivity contribution is 5.96. The molecule has 31 heavy (non-hydrogen) atoms. The normalized spacial score (nSPS) is 45.3. The van der Waals surface area contributed by atoms with Crippen molar-refractivity contribution in [2.24, 2.45) is 33.7 Å². The van der Waals surface area contributed by atoms with E-state index in [2.05, 4.69) is 12.1 Å². The van der Waals surface area contributed by atoms with Crippen LogP contribution in [-0.2, 0) is 14.4 Å². The maximum atomic E-state index is 12.5. The van der Waals surface area contributed by atoms with Crippen LogP contribution in [0.15, 0.2) is 16.8 Å². The Morgan fingerprint density at radius 2 is 1.97 bits per heavy atom. The highest BCUT2D eigenvalue weighted by atomic mass is 16.6. The van der Waals surface area contributed by atoms with E-state index >= 15 is 0 Å². The second-order valence-electron chi connectivity index (χ2n) is 10.3. The summed E-state index contributed by atoms with van der Waals surface area (Å²) in [6, 6.07) is 0. The van der Waals surface area contributed by atoms with Gasteiger partial charge in [-0.1, -0.05) is 24.6 Å². The van der Waals surface area contributed by atoms with Crippen LogP contribution in [-0.4, -0.2) is 62.8 Å². The van der Waals surface area contributed by atoms with E-state index in [1.807, 2.05) is 13.0 Å². The van der Waals surface area contributed by atoms with Crippen molar-refractivity contribution in [1.29, 1.82) is 0 Å². The SMILES string of the molecule is C[C@]12CC/C(=N\OCC(=O)O)C=C1CC[C@@H]1[C@@H]2C(O)C[C@@]2(C)[C@H]1CC[C@]2(O)C(=O)CO. The molecule has 0 aromatic rings. The smallest absolute Gasteiger partial charge is 0.344 e. The molecule has 8 heteroatoms. The highest BCUT2D eigenvalue weighted by Gasteiger charge is 2.68. The zero-order valence-corrected chi connectivity index (χ0v) is 18.2. The zero-order chi connectivity index (χ0) is 22.6. The van der Waals surface area contributed by atoms with Crippen LogP contribution in [0.2, 0.25) is 0 Å². The van der Waals surface area contributed by atoms with Crippen molar-refractivity contribution in [1.82, 2.24) is 0 Å². The lowest BCUT2D eigenvalue weighted by Crippen LogP contribution is -2.62. The molecule has 0 bridgehead atoms. The molecule has 8 nitrogen and oxygen atoms in total. The summed E-state index contributed by atoms with van der Waals surface area (Å²) in [5, 5.41) is 44.8. The summed E-state index contributed by atoms with van der Waals surface area (Å²) < 4.78 is 0. The van der Waals surface area contributed by atoms with Gasteiger partial charge in [-0.3, -0.25) is 4.79 Å². The average molecular weight is 436 g/mol. The number of hydrogen-bond donors (Lipinski definition) is 4. The zero-order valence-electron chi connectivity index (χ0n) is 18.2. The summed E-state index contributed by atoms with van der Waals surface area (Å²) in [5.41, 5.74) is -0.594. The molecule has 3 fully saturated rings. The number of rotatable bonds is 5. The van der Waals surface area contributed by atoms with Crippen molar-refractivity contribution in [2.45, 2.75) is 70.5 Å². The highest BCUT2D eigenvalue weighted by Crippen LogP contribution is 2.67. The first-order chi connectivity index (χ1) is 14.6. The number of ketones is 1. The average Bonchev–Trinajstić information content (AvgIpc) is 2.98. The standard InChI is InChI=1S/C23H33NO7/c1-21-7-5-14(24-31-12-19(28)29)9-13(21)3-4-15-16-6-8-23(30,18(27)11-25)22(16,2)10-17(26)20(15)21/h9,15-17,20,25-26,30H,3-8,10-12H2,1-2H3,(H,28,29)/b24-14+/t15-,16-,17?,20+,21-,22-,23-/m0/s1. The summed E-state index contributed by atoms with van der Waals surface area (Å²) in [6.07, 6.45) is 5.86. The second-order valence-corrected chi connectivity index (χ2v) is 10.3. The van der Waals surface area contributed by atoms with Gasteiger partial charge in [0, 0.05) is 5.41 Å². The monoisotopic (exact) mass is 435 g/mol. The Morgan fingerprint density at radius 3 is 2.65 bits per heavy atom. The van der Waals surface area contributed by atoms with Crippen molar-refractivity contribution in [3.05, 3.63) is 11.6 Å². The first-order valence-electron chi connectivity index (χ1n) is 11.2.